The topological polar surface area (TPSA) is 80.1 Å². The van der Waals surface area contributed by atoms with Crippen LogP contribution in [0.15, 0.2) is 47.1 Å². The summed E-state index contributed by atoms with van der Waals surface area (Å²) in [5.74, 6) is -0.233. The second kappa shape index (κ2) is 7.39. The zero-order chi connectivity index (χ0) is 20.6. The Labute approximate surface area is 169 Å². The highest BCUT2D eigenvalue weighted by Gasteiger charge is 2.56. The molecule has 1 aromatic carbocycles. The molecule has 2 aliphatic rings. The number of benzene rings is 1. The number of ether oxygens (including phenoxy) is 1. The van der Waals surface area contributed by atoms with Gasteiger partial charge in [0.05, 0.1) is 24.8 Å². The van der Waals surface area contributed by atoms with Crippen LogP contribution in [0.2, 0.25) is 0 Å². The molecule has 29 heavy (non-hydrogen) atoms. The summed E-state index contributed by atoms with van der Waals surface area (Å²) in [7, 11) is 3.10. The molecule has 7 nitrogen and oxygen atoms in total. The molecule has 0 N–H and O–H groups in total. The minimum Gasteiger partial charge on any atom is -0.469 e. The molecule has 2 aromatic rings. The van der Waals surface area contributed by atoms with Crippen LogP contribution in [-0.4, -0.2) is 60.4 Å². The molecule has 0 aliphatic carbocycles. The van der Waals surface area contributed by atoms with Crippen molar-refractivity contribution in [1.82, 2.24) is 9.80 Å². The first-order valence-corrected chi connectivity index (χ1v) is 9.74. The lowest BCUT2D eigenvalue weighted by atomic mass is 9.77. The smallest absolute Gasteiger partial charge is 0.311 e. The number of methoxy groups -OCH3 is 1. The highest BCUT2D eigenvalue weighted by atomic mass is 16.5. The standard InChI is InChI=1S/C22H24N2O5/c1-23-19(25)14-17(21(27)28-2)22(23)8-10-24(11-9-22)20(26)16-6-3-5-15(13-16)18-7-4-12-29-18/h3-7,12-13,17H,8-11,14H2,1-2H3. The van der Waals surface area contributed by atoms with E-state index in [9.17, 15) is 14.4 Å². The van der Waals surface area contributed by atoms with Crippen molar-refractivity contribution < 1.29 is 23.5 Å². The maximum absolute atomic E-state index is 13.1. The lowest BCUT2D eigenvalue weighted by Crippen LogP contribution is -2.57. The van der Waals surface area contributed by atoms with Gasteiger partial charge >= 0.3 is 5.97 Å². The van der Waals surface area contributed by atoms with Crippen molar-refractivity contribution in [1.29, 1.82) is 0 Å². The predicted octanol–water partition coefficient (Wildman–Crippen LogP) is 2.57. The highest BCUT2D eigenvalue weighted by Crippen LogP contribution is 2.43. The van der Waals surface area contributed by atoms with E-state index >= 15 is 0 Å². The number of hydrogen-bond donors (Lipinski definition) is 0. The summed E-state index contributed by atoms with van der Waals surface area (Å²) in [5, 5.41) is 0. The highest BCUT2D eigenvalue weighted by molar-refractivity contribution is 5.95. The number of amides is 2. The zero-order valence-electron chi connectivity index (χ0n) is 16.6. The van der Waals surface area contributed by atoms with E-state index < -0.39 is 11.5 Å². The molecular weight excluding hydrogens is 372 g/mol. The van der Waals surface area contributed by atoms with E-state index in [1.54, 1.807) is 29.2 Å². The molecule has 1 aromatic heterocycles. The first kappa shape index (κ1) is 19.2. The van der Waals surface area contributed by atoms with E-state index in [4.69, 9.17) is 9.15 Å². The van der Waals surface area contributed by atoms with E-state index in [1.807, 2.05) is 30.3 Å². The number of furan rings is 1. The number of carbonyl (C=O) groups excluding carboxylic acids is 3. The molecule has 1 atom stereocenters. The molecule has 0 radical (unpaired) electrons. The van der Waals surface area contributed by atoms with Crippen LogP contribution in [0.1, 0.15) is 29.6 Å². The van der Waals surface area contributed by atoms with Gasteiger partial charge in [0.2, 0.25) is 5.91 Å². The zero-order valence-corrected chi connectivity index (χ0v) is 16.6. The van der Waals surface area contributed by atoms with Crippen molar-refractivity contribution in [2.75, 3.05) is 27.2 Å². The second-order valence-corrected chi connectivity index (χ2v) is 7.69. The Morgan fingerprint density at radius 3 is 2.59 bits per heavy atom. The summed E-state index contributed by atoms with van der Waals surface area (Å²) in [6.07, 6.45) is 2.88. The number of piperidine rings is 1. The molecule has 2 amide bonds. The first-order valence-electron chi connectivity index (χ1n) is 9.74. The average Bonchev–Trinajstić information content (AvgIpc) is 3.37. The van der Waals surface area contributed by atoms with Gasteiger partial charge < -0.3 is 19.0 Å². The third-order valence-corrected chi connectivity index (χ3v) is 6.39. The van der Waals surface area contributed by atoms with Crippen LogP contribution in [-0.2, 0) is 14.3 Å². The van der Waals surface area contributed by atoms with Gasteiger partial charge in [0.25, 0.3) is 5.91 Å². The predicted molar refractivity (Wildman–Crippen MR) is 105 cm³/mol. The number of likely N-dealkylation sites (tertiary alicyclic amines) is 2. The van der Waals surface area contributed by atoms with Crippen LogP contribution < -0.4 is 0 Å². The van der Waals surface area contributed by atoms with Crippen LogP contribution in [0.3, 0.4) is 0 Å². The fourth-order valence-corrected chi connectivity index (χ4v) is 4.64. The molecule has 0 saturated carbocycles. The number of rotatable bonds is 3. The lowest BCUT2D eigenvalue weighted by Gasteiger charge is -2.45. The minimum atomic E-state index is -0.572. The molecule has 1 unspecified atom stereocenters. The normalized spacial score (nSPS) is 20.9. The van der Waals surface area contributed by atoms with Crippen molar-refractivity contribution in [3.63, 3.8) is 0 Å². The Hall–Kier alpha value is -3.09. The molecular formula is C22H24N2O5. The Morgan fingerprint density at radius 1 is 1.17 bits per heavy atom. The van der Waals surface area contributed by atoms with Gasteiger partial charge in [-0.25, -0.2) is 0 Å². The largest absolute Gasteiger partial charge is 0.469 e. The molecule has 152 valence electrons. The summed E-state index contributed by atoms with van der Waals surface area (Å²) in [6, 6.07) is 11.0. The summed E-state index contributed by atoms with van der Waals surface area (Å²) in [5.41, 5.74) is 0.869. The molecule has 3 heterocycles. The summed E-state index contributed by atoms with van der Waals surface area (Å²) in [4.78, 5) is 41.1. The maximum Gasteiger partial charge on any atom is 0.311 e. The molecule has 0 bridgehead atoms. The van der Waals surface area contributed by atoms with Crippen LogP contribution in [0.4, 0.5) is 0 Å². The van der Waals surface area contributed by atoms with Gasteiger partial charge in [-0.15, -0.1) is 0 Å². The number of carbonyl (C=O) groups is 3. The molecule has 4 rings (SSSR count). The minimum absolute atomic E-state index is 0.0497. The fraction of sp³-hybridized carbons (Fsp3) is 0.409. The van der Waals surface area contributed by atoms with Crippen LogP contribution in [0.5, 0.6) is 0 Å². The third kappa shape index (κ3) is 3.20. The van der Waals surface area contributed by atoms with Crippen molar-refractivity contribution in [2.45, 2.75) is 24.8 Å². The average molecular weight is 396 g/mol. The van der Waals surface area contributed by atoms with E-state index in [0.29, 0.717) is 37.3 Å². The molecule has 7 heteroatoms. The van der Waals surface area contributed by atoms with Gasteiger partial charge in [0.1, 0.15) is 5.76 Å². The van der Waals surface area contributed by atoms with Crippen molar-refractivity contribution in [2.24, 2.45) is 5.92 Å². The Balaban J connectivity index is 1.51. The third-order valence-electron chi connectivity index (χ3n) is 6.39. The lowest BCUT2D eigenvalue weighted by molar-refractivity contribution is -0.149. The van der Waals surface area contributed by atoms with Crippen molar-refractivity contribution in [3.05, 3.63) is 48.2 Å². The van der Waals surface area contributed by atoms with Gasteiger partial charge in [0, 0.05) is 37.7 Å². The summed E-state index contributed by atoms with van der Waals surface area (Å²) < 4.78 is 10.4. The van der Waals surface area contributed by atoms with E-state index in [2.05, 4.69) is 0 Å². The summed E-state index contributed by atoms with van der Waals surface area (Å²) in [6.45, 7) is 0.962. The number of esters is 1. The number of hydrogen-bond acceptors (Lipinski definition) is 5. The Kier molecular flexibility index (Phi) is 4.90. The first-order chi connectivity index (χ1) is 14.0. The van der Waals surface area contributed by atoms with Crippen molar-refractivity contribution >= 4 is 17.8 Å². The van der Waals surface area contributed by atoms with Crippen molar-refractivity contribution in [3.8, 4) is 11.3 Å². The summed E-state index contributed by atoms with van der Waals surface area (Å²) >= 11 is 0. The van der Waals surface area contributed by atoms with Crippen LogP contribution >= 0.6 is 0 Å². The van der Waals surface area contributed by atoms with Gasteiger partial charge in [-0.3, -0.25) is 14.4 Å². The quantitative estimate of drug-likeness (QED) is 0.745. The van der Waals surface area contributed by atoms with E-state index in [0.717, 1.165) is 5.56 Å². The van der Waals surface area contributed by atoms with Crippen LogP contribution in [0.25, 0.3) is 11.3 Å². The van der Waals surface area contributed by atoms with Gasteiger partial charge in [-0.2, -0.15) is 0 Å². The van der Waals surface area contributed by atoms with E-state index in [1.165, 1.54) is 7.11 Å². The van der Waals surface area contributed by atoms with E-state index in [-0.39, 0.29) is 24.2 Å². The fourth-order valence-electron chi connectivity index (χ4n) is 4.64. The molecule has 2 saturated heterocycles. The maximum atomic E-state index is 13.1. The monoisotopic (exact) mass is 396 g/mol. The Morgan fingerprint density at radius 2 is 1.93 bits per heavy atom. The number of nitrogens with zero attached hydrogens (tertiary/aromatic N) is 2. The van der Waals surface area contributed by atoms with Gasteiger partial charge in [0.15, 0.2) is 0 Å². The van der Waals surface area contributed by atoms with Crippen LogP contribution in [0, 0.1) is 5.92 Å². The molecule has 2 fully saturated rings. The second-order valence-electron chi connectivity index (χ2n) is 7.69. The van der Waals surface area contributed by atoms with Gasteiger partial charge in [-0.05, 0) is 37.1 Å². The Bertz CT molecular complexity index is 928. The SMILES string of the molecule is COC(=O)C1CC(=O)N(C)C12CCN(C(=O)c1cccc(-c3ccco3)c1)CC2. The molecule has 2 aliphatic heterocycles. The molecule has 1 spiro atoms. The van der Waals surface area contributed by atoms with Gasteiger partial charge in [-0.1, -0.05) is 12.1 Å².